The molecule has 0 aromatic heterocycles. The fraction of sp³-hybridized carbons (Fsp3) is 0.381. The summed E-state index contributed by atoms with van der Waals surface area (Å²) in [6, 6.07) is 8.20. The highest BCUT2D eigenvalue weighted by Crippen LogP contribution is 2.35. The molecule has 2 aromatic carbocycles. The lowest BCUT2D eigenvalue weighted by Gasteiger charge is -2.42. The minimum absolute atomic E-state index is 0. The molecule has 1 fully saturated rings. The van der Waals surface area contributed by atoms with Crippen molar-refractivity contribution in [3.63, 3.8) is 0 Å². The summed E-state index contributed by atoms with van der Waals surface area (Å²) < 4.78 is 53.1. The first-order valence-electron chi connectivity index (χ1n) is 9.01. The number of hydrogen-bond acceptors (Lipinski definition) is 2. The van der Waals surface area contributed by atoms with Gasteiger partial charge in [0, 0.05) is 19.1 Å². The molecular formula is C21H23ClF4N2O. The van der Waals surface area contributed by atoms with Crippen molar-refractivity contribution in [2.24, 2.45) is 11.1 Å². The highest BCUT2D eigenvalue weighted by Gasteiger charge is 2.36. The first kappa shape index (κ1) is 23.2. The molecule has 1 atom stereocenters. The van der Waals surface area contributed by atoms with Crippen molar-refractivity contribution in [3.05, 3.63) is 59.4 Å². The van der Waals surface area contributed by atoms with Gasteiger partial charge in [0.25, 0.3) is 5.91 Å². The third-order valence-electron chi connectivity index (χ3n) is 5.31. The first-order chi connectivity index (χ1) is 13.0. The summed E-state index contributed by atoms with van der Waals surface area (Å²) in [5.74, 6) is -1.03. The van der Waals surface area contributed by atoms with Gasteiger partial charge in [0.2, 0.25) is 0 Å². The van der Waals surface area contributed by atoms with Crippen LogP contribution in [0.3, 0.4) is 0 Å². The quantitative estimate of drug-likeness (QED) is 0.671. The van der Waals surface area contributed by atoms with Crippen molar-refractivity contribution in [2.45, 2.75) is 32.5 Å². The summed E-state index contributed by atoms with van der Waals surface area (Å²) in [4.78, 5) is 14.7. The molecule has 8 heteroatoms. The van der Waals surface area contributed by atoms with Crippen molar-refractivity contribution in [3.8, 4) is 11.1 Å². The van der Waals surface area contributed by atoms with Crippen LogP contribution in [0.1, 0.15) is 36.2 Å². The number of hydrogen-bond donors (Lipinski definition) is 1. The standard InChI is InChI=1S/C21H22F4N2O.ClH/c1-20(2)12-27(9-8-18(20)26)19(28)17-11-15(22)6-7-16(17)13-4-3-5-14(10-13)21(23,24)25;/h3-7,10-11,18H,8-9,12,26H2,1-2H3;1H. The maximum Gasteiger partial charge on any atom is 0.416 e. The van der Waals surface area contributed by atoms with Crippen LogP contribution < -0.4 is 5.73 Å². The van der Waals surface area contributed by atoms with Gasteiger partial charge in [0.05, 0.1) is 11.1 Å². The average Bonchev–Trinajstić information content (AvgIpc) is 2.62. The van der Waals surface area contributed by atoms with E-state index in [0.29, 0.717) is 19.5 Å². The van der Waals surface area contributed by atoms with Gasteiger partial charge in [-0.2, -0.15) is 13.2 Å². The Labute approximate surface area is 173 Å². The van der Waals surface area contributed by atoms with Crippen molar-refractivity contribution in [2.75, 3.05) is 13.1 Å². The summed E-state index contributed by atoms with van der Waals surface area (Å²) in [6.07, 6.45) is -3.90. The van der Waals surface area contributed by atoms with Crippen LogP contribution in [0, 0.1) is 11.2 Å². The predicted octanol–water partition coefficient (Wildman–Crippen LogP) is 5.13. The number of rotatable bonds is 2. The van der Waals surface area contributed by atoms with Gasteiger partial charge >= 0.3 is 6.18 Å². The van der Waals surface area contributed by atoms with E-state index in [4.69, 9.17) is 5.73 Å². The number of likely N-dealkylation sites (tertiary alicyclic amines) is 1. The van der Waals surface area contributed by atoms with Crippen molar-refractivity contribution < 1.29 is 22.4 Å². The number of piperidine rings is 1. The summed E-state index contributed by atoms with van der Waals surface area (Å²) in [6.45, 7) is 4.72. The van der Waals surface area contributed by atoms with Gasteiger partial charge in [0.1, 0.15) is 5.82 Å². The van der Waals surface area contributed by atoms with Gasteiger partial charge < -0.3 is 10.6 Å². The van der Waals surface area contributed by atoms with Gasteiger partial charge in [-0.1, -0.05) is 32.0 Å². The molecule has 2 aromatic rings. The van der Waals surface area contributed by atoms with Gasteiger partial charge in [-0.05, 0) is 47.2 Å². The number of nitrogens with two attached hydrogens (primary N) is 1. The number of amides is 1. The minimum Gasteiger partial charge on any atom is -0.338 e. The summed E-state index contributed by atoms with van der Waals surface area (Å²) in [5.41, 5.74) is 5.51. The van der Waals surface area contributed by atoms with E-state index >= 15 is 0 Å². The monoisotopic (exact) mass is 430 g/mol. The molecule has 0 spiro atoms. The highest BCUT2D eigenvalue weighted by molar-refractivity contribution is 6.01. The summed E-state index contributed by atoms with van der Waals surface area (Å²) in [5, 5.41) is 0. The molecule has 3 nitrogen and oxygen atoms in total. The van der Waals surface area contributed by atoms with Crippen LogP contribution in [0.15, 0.2) is 42.5 Å². The van der Waals surface area contributed by atoms with E-state index in [1.165, 1.54) is 18.2 Å². The molecule has 3 rings (SSSR count). The third-order valence-corrected chi connectivity index (χ3v) is 5.31. The van der Waals surface area contributed by atoms with E-state index < -0.39 is 23.5 Å². The molecule has 1 heterocycles. The van der Waals surface area contributed by atoms with Crippen LogP contribution in [-0.4, -0.2) is 29.9 Å². The Morgan fingerprint density at radius 3 is 2.48 bits per heavy atom. The van der Waals surface area contributed by atoms with Crippen LogP contribution in [-0.2, 0) is 6.18 Å². The number of carbonyl (C=O) groups excluding carboxylic acids is 1. The van der Waals surface area contributed by atoms with Crippen molar-refractivity contribution in [1.29, 1.82) is 0 Å². The zero-order chi connectivity index (χ0) is 20.7. The first-order valence-corrected chi connectivity index (χ1v) is 9.01. The van der Waals surface area contributed by atoms with Crippen LogP contribution in [0.25, 0.3) is 11.1 Å². The van der Waals surface area contributed by atoms with Crippen LogP contribution >= 0.6 is 12.4 Å². The molecule has 0 aliphatic carbocycles. The van der Waals surface area contributed by atoms with Crippen molar-refractivity contribution >= 4 is 18.3 Å². The highest BCUT2D eigenvalue weighted by atomic mass is 35.5. The molecule has 1 aliphatic rings. The maximum absolute atomic E-state index is 13.9. The Bertz CT molecular complexity index is 898. The Morgan fingerprint density at radius 2 is 1.86 bits per heavy atom. The smallest absolute Gasteiger partial charge is 0.338 e. The fourth-order valence-electron chi connectivity index (χ4n) is 3.53. The van der Waals surface area contributed by atoms with Crippen molar-refractivity contribution in [1.82, 2.24) is 4.90 Å². The van der Waals surface area contributed by atoms with Gasteiger partial charge in [-0.25, -0.2) is 4.39 Å². The minimum atomic E-state index is -4.51. The summed E-state index contributed by atoms with van der Waals surface area (Å²) in [7, 11) is 0. The Kier molecular flexibility index (Phi) is 6.65. The van der Waals surface area contributed by atoms with Gasteiger partial charge in [-0.3, -0.25) is 4.79 Å². The van der Waals surface area contributed by atoms with Crippen LogP contribution in [0.4, 0.5) is 17.6 Å². The number of carbonyl (C=O) groups is 1. The largest absolute Gasteiger partial charge is 0.416 e. The van der Waals surface area contributed by atoms with E-state index in [1.807, 2.05) is 13.8 Å². The summed E-state index contributed by atoms with van der Waals surface area (Å²) >= 11 is 0. The second kappa shape index (κ2) is 8.32. The van der Waals surface area contributed by atoms with Gasteiger partial charge in [-0.15, -0.1) is 12.4 Å². The molecule has 1 saturated heterocycles. The molecule has 2 N–H and O–H groups in total. The number of alkyl halides is 3. The number of nitrogens with zero attached hydrogens (tertiary/aromatic N) is 1. The number of benzene rings is 2. The normalized spacial score (nSPS) is 18.9. The Morgan fingerprint density at radius 1 is 1.17 bits per heavy atom. The predicted molar refractivity (Wildman–Crippen MR) is 106 cm³/mol. The molecule has 29 heavy (non-hydrogen) atoms. The average molecular weight is 431 g/mol. The van der Waals surface area contributed by atoms with E-state index in [1.54, 1.807) is 4.90 Å². The van der Waals surface area contributed by atoms with E-state index in [0.717, 1.165) is 24.3 Å². The zero-order valence-corrected chi connectivity index (χ0v) is 16.9. The third kappa shape index (κ3) is 4.90. The number of halogens is 5. The molecule has 1 aliphatic heterocycles. The Balaban J connectivity index is 0.00000300. The Hall–Kier alpha value is -2.12. The second-order valence-corrected chi connectivity index (χ2v) is 7.88. The zero-order valence-electron chi connectivity index (χ0n) is 16.1. The molecule has 158 valence electrons. The maximum atomic E-state index is 13.9. The van der Waals surface area contributed by atoms with E-state index in [-0.39, 0.29) is 40.6 Å². The second-order valence-electron chi connectivity index (χ2n) is 7.88. The lowest BCUT2D eigenvalue weighted by molar-refractivity contribution is -0.137. The molecule has 0 bridgehead atoms. The lowest BCUT2D eigenvalue weighted by Crippen LogP contribution is -2.54. The van der Waals surface area contributed by atoms with E-state index in [2.05, 4.69) is 0 Å². The van der Waals surface area contributed by atoms with Crippen LogP contribution in [0.2, 0.25) is 0 Å². The molecule has 0 saturated carbocycles. The van der Waals surface area contributed by atoms with Gasteiger partial charge in [0.15, 0.2) is 0 Å². The van der Waals surface area contributed by atoms with E-state index in [9.17, 15) is 22.4 Å². The molecular weight excluding hydrogens is 408 g/mol. The molecule has 0 radical (unpaired) electrons. The topological polar surface area (TPSA) is 46.3 Å². The molecule has 1 amide bonds. The van der Waals surface area contributed by atoms with Crippen LogP contribution in [0.5, 0.6) is 0 Å². The fourth-order valence-corrected chi connectivity index (χ4v) is 3.53. The SMILES string of the molecule is CC1(C)CN(C(=O)c2cc(F)ccc2-c2cccc(C(F)(F)F)c2)CCC1N.Cl. The lowest BCUT2D eigenvalue weighted by atomic mass is 9.79. The molecule has 1 unspecified atom stereocenters.